The number of para-hydroxylation sites is 2. The summed E-state index contributed by atoms with van der Waals surface area (Å²) < 4.78 is 32.3. The third-order valence-corrected chi connectivity index (χ3v) is 7.83. The topological polar surface area (TPSA) is 96.0 Å². The molecule has 0 aliphatic heterocycles. The van der Waals surface area contributed by atoms with E-state index in [1.54, 1.807) is 31.2 Å². The molecule has 8 nitrogen and oxygen atoms in total. The summed E-state index contributed by atoms with van der Waals surface area (Å²) in [5.74, 6) is -0.326. The van der Waals surface area contributed by atoms with E-state index >= 15 is 0 Å². The summed E-state index contributed by atoms with van der Waals surface area (Å²) in [5, 5.41) is 3.11. The Labute approximate surface area is 221 Å². The van der Waals surface area contributed by atoms with E-state index in [9.17, 15) is 18.0 Å². The van der Waals surface area contributed by atoms with Crippen LogP contribution in [0.25, 0.3) is 0 Å². The average molecular weight is 530 g/mol. The number of hydrogen-bond donors (Lipinski definition) is 1. The summed E-state index contributed by atoms with van der Waals surface area (Å²) in [6, 6.07) is 13.8. The molecule has 37 heavy (non-hydrogen) atoms. The van der Waals surface area contributed by atoms with Crippen molar-refractivity contribution in [2.45, 2.75) is 71.5 Å². The van der Waals surface area contributed by atoms with E-state index in [0.29, 0.717) is 12.4 Å². The van der Waals surface area contributed by atoms with E-state index in [0.717, 1.165) is 47.4 Å². The zero-order chi connectivity index (χ0) is 27.0. The molecule has 1 saturated carbocycles. The van der Waals surface area contributed by atoms with Gasteiger partial charge in [-0.2, -0.15) is 0 Å². The Morgan fingerprint density at radius 2 is 1.70 bits per heavy atom. The maximum atomic E-state index is 13.8. The first-order valence-electron chi connectivity index (χ1n) is 12.9. The van der Waals surface area contributed by atoms with E-state index in [-0.39, 0.29) is 24.2 Å². The Morgan fingerprint density at radius 1 is 1.05 bits per heavy atom. The number of sulfonamides is 1. The molecule has 0 bridgehead atoms. The van der Waals surface area contributed by atoms with Crippen LogP contribution in [0.15, 0.2) is 48.5 Å². The lowest BCUT2D eigenvalue weighted by Crippen LogP contribution is -2.53. The lowest BCUT2D eigenvalue weighted by atomic mass is 9.95. The quantitative estimate of drug-likeness (QED) is 0.474. The maximum Gasteiger partial charge on any atom is 0.244 e. The van der Waals surface area contributed by atoms with Gasteiger partial charge in [0.1, 0.15) is 18.3 Å². The summed E-state index contributed by atoms with van der Waals surface area (Å²) in [6.45, 7) is 5.57. The molecule has 0 spiro atoms. The van der Waals surface area contributed by atoms with Crippen LogP contribution in [0.2, 0.25) is 0 Å². The molecule has 0 saturated heterocycles. The molecule has 2 aromatic carbocycles. The number of carbonyl (C=O) groups excluding carboxylic acids is 2. The fourth-order valence-electron chi connectivity index (χ4n) is 4.58. The van der Waals surface area contributed by atoms with Crippen LogP contribution < -0.4 is 14.4 Å². The molecule has 3 rings (SSSR count). The van der Waals surface area contributed by atoms with Crippen LogP contribution in [0.5, 0.6) is 5.75 Å². The lowest BCUT2D eigenvalue weighted by molar-refractivity contribution is -0.139. The second-order valence-corrected chi connectivity index (χ2v) is 11.6. The fraction of sp³-hybridized carbons (Fsp3) is 0.500. The second kappa shape index (κ2) is 12.9. The van der Waals surface area contributed by atoms with Crippen molar-refractivity contribution in [2.75, 3.05) is 23.7 Å². The molecule has 0 heterocycles. The van der Waals surface area contributed by atoms with Gasteiger partial charge in [-0.25, -0.2) is 8.42 Å². The summed E-state index contributed by atoms with van der Waals surface area (Å²) >= 11 is 0. The Hall–Kier alpha value is -3.07. The molecule has 0 radical (unpaired) electrons. The number of nitrogens with zero attached hydrogens (tertiary/aromatic N) is 2. The number of amides is 2. The van der Waals surface area contributed by atoms with Gasteiger partial charge in [-0.05, 0) is 51.3 Å². The van der Waals surface area contributed by atoms with E-state index in [1.165, 1.54) is 11.3 Å². The molecule has 1 fully saturated rings. The minimum absolute atomic E-state index is 0.102. The minimum Gasteiger partial charge on any atom is -0.492 e. The van der Waals surface area contributed by atoms with E-state index < -0.39 is 28.5 Å². The molecule has 0 aromatic heterocycles. The molecule has 1 N–H and O–H groups in total. The normalized spacial score (nSPS) is 15.0. The van der Waals surface area contributed by atoms with Gasteiger partial charge in [-0.15, -0.1) is 0 Å². The monoisotopic (exact) mass is 529 g/mol. The first kappa shape index (κ1) is 28.5. The maximum absolute atomic E-state index is 13.8. The predicted octanol–water partition coefficient (Wildman–Crippen LogP) is 4.03. The van der Waals surface area contributed by atoms with Crippen molar-refractivity contribution < 1.29 is 22.7 Å². The van der Waals surface area contributed by atoms with Crippen molar-refractivity contribution in [1.29, 1.82) is 0 Å². The van der Waals surface area contributed by atoms with Gasteiger partial charge in [0, 0.05) is 12.6 Å². The van der Waals surface area contributed by atoms with Gasteiger partial charge in [0.15, 0.2) is 0 Å². The van der Waals surface area contributed by atoms with Gasteiger partial charge in [-0.1, -0.05) is 61.2 Å². The summed E-state index contributed by atoms with van der Waals surface area (Å²) in [6.07, 6.45) is 6.25. The number of benzene rings is 2. The Kier molecular flexibility index (Phi) is 9.97. The Balaban J connectivity index is 1.89. The van der Waals surface area contributed by atoms with Gasteiger partial charge in [0.2, 0.25) is 21.8 Å². The first-order chi connectivity index (χ1) is 17.6. The molecular weight excluding hydrogens is 490 g/mol. The number of carbonyl (C=O) groups is 2. The zero-order valence-corrected chi connectivity index (χ0v) is 23.1. The smallest absolute Gasteiger partial charge is 0.244 e. The van der Waals surface area contributed by atoms with Crippen molar-refractivity contribution in [3.63, 3.8) is 0 Å². The van der Waals surface area contributed by atoms with Crippen LogP contribution in [-0.4, -0.2) is 56.6 Å². The number of ether oxygens (including phenoxy) is 1. The third-order valence-electron chi connectivity index (χ3n) is 6.71. The fourth-order valence-corrected chi connectivity index (χ4v) is 5.43. The van der Waals surface area contributed by atoms with Crippen molar-refractivity contribution in [3.8, 4) is 5.75 Å². The SMILES string of the molecule is CCOc1ccccc1N(CC(=O)N(Cc1ccc(C)cc1)C(C)C(=O)NC1CCCCC1)S(C)(=O)=O. The van der Waals surface area contributed by atoms with E-state index in [1.807, 2.05) is 38.1 Å². The third kappa shape index (κ3) is 7.95. The Bertz CT molecular complexity index is 1160. The van der Waals surface area contributed by atoms with Gasteiger partial charge in [0.25, 0.3) is 0 Å². The minimum atomic E-state index is -3.83. The largest absolute Gasteiger partial charge is 0.492 e. The second-order valence-electron chi connectivity index (χ2n) is 9.70. The molecular formula is C28H39N3O5S. The van der Waals surface area contributed by atoms with Crippen molar-refractivity contribution in [3.05, 3.63) is 59.7 Å². The molecule has 2 amide bonds. The number of aryl methyl sites for hydroxylation is 1. The van der Waals surface area contributed by atoms with Gasteiger partial charge < -0.3 is 15.0 Å². The number of nitrogens with one attached hydrogen (secondary N) is 1. The summed E-state index contributed by atoms with van der Waals surface area (Å²) in [4.78, 5) is 28.5. The van der Waals surface area contributed by atoms with E-state index in [4.69, 9.17) is 4.74 Å². The van der Waals surface area contributed by atoms with Gasteiger partial charge in [0.05, 0.1) is 18.6 Å². The molecule has 2 aromatic rings. The highest BCUT2D eigenvalue weighted by Crippen LogP contribution is 2.30. The Morgan fingerprint density at radius 3 is 2.32 bits per heavy atom. The first-order valence-corrected chi connectivity index (χ1v) is 14.8. The number of rotatable bonds is 11. The van der Waals surface area contributed by atoms with Gasteiger partial charge in [-0.3, -0.25) is 13.9 Å². The number of anilines is 1. The summed E-state index contributed by atoms with van der Waals surface area (Å²) in [7, 11) is -3.83. The molecule has 9 heteroatoms. The van der Waals surface area contributed by atoms with Crippen LogP contribution in [-0.2, 0) is 26.2 Å². The number of hydrogen-bond acceptors (Lipinski definition) is 5. The van der Waals surface area contributed by atoms with Crippen LogP contribution >= 0.6 is 0 Å². The summed E-state index contributed by atoms with van der Waals surface area (Å²) in [5.41, 5.74) is 2.23. The highest BCUT2D eigenvalue weighted by atomic mass is 32.2. The van der Waals surface area contributed by atoms with Crippen LogP contribution in [0, 0.1) is 6.92 Å². The van der Waals surface area contributed by atoms with Crippen LogP contribution in [0.4, 0.5) is 5.69 Å². The zero-order valence-electron chi connectivity index (χ0n) is 22.3. The van der Waals surface area contributed by atoms with E-state index in [2.05, 4.69) is 5.32 Å². The standard InChI is InChI=1S/C28H39N3O5S/c1-5-36-26-14-10-9-13-25(26)31(37(4,34)35)20-27(32)30(19-23-17-15-21(2)16-18-23)22(3)28(33)29-24-11-7-6-8-12-24/h9-10,13-18,22,24H,5-8,11-12,19-20H2,1-4H3,(H,29,33). The van der Waals surface area contributed by atoms with Crippen LogP contribution in [0.3, 0.4) is 0 Å². The molecule has 1 atom stereocenters. The predicted molar refractivity (Wildman–Crippen MR) is 146 cm³/mol. The van der Waals surface area contributed by atoms with Gasteiger partial charge >= 0.3 is 0 Å². The van der Waals surface area contributed by atoms with Crippen molar-refractivity contribution >= 4 is 27.5 Å². The van der Waals surface area contributed by atoms with Crippen molar-refractivity contribution in [2.24, 2.45) is 0 Å². The van der Waals surface area contributed by atoms with Crippen LogP contribution in [0.1, 0.15) is 57.1 Å². The molecule has 202 valence electrons. The van der Waals surface area contributed by atoms with Crippen molar-refractivity contribution in [1.82, 2.24) is 10.2 Å². The highest BCUT2D eigenvalue weighted by Gasteiger charge is 2.32. The average Bonchev–Trinajstić information content (AvgIpc) is 2.87. The highest BCUT2D eigenvalue weighted by molar-refractivity contribution is 7.92. The molecule has 1 aliphatic carbocycles. The molecule has 1 unspecified atom stereocenters. The molecule has 1 aliphatic rings. The lowest BCUT2D eigenvalue weighted by Gasteiger charge is -2.33.